The minimum atomic E-state index is -0.540. The lowest BCUT2D eigenvalue weighted by Gasteiger charge is -2.27. The van der Waals surface area contributed by atoms with Gasteiger partial charge in [0.05, 0.1) is 7.11 Å². The van der Waals surface area contributed by atoms with Gasteiger partial charge < -0.3 is 14.6 Å². The van der Waals surface area contributed by atoms with Gasteiger partial charge in [0.2, 0.25) is 0 Å². The highest BCUT2D eigenvalue weighted by Crippen LogP contribution is 2.17. The molecule has 0 bridgehead atoms. The first kappa shape index (κ1) is 20.3. The molecule has 0 aliphatic rings. The van der Waals surface area contributed by atoms with E-state index in [1.807, 2.05) is 24.3 Å². The number of ether oxygens (including phenoxy) is 2. The Morgan fingerprint density at radius 3 is 2.12 bits per heavy atom. The molecule has 26 heavy (non-hydrogen) atoms. The first-order valence-electron chi connectivity index (χ1n) is 9.19. The maximum atomic E-state index is 10.4. The van der Waals surface area contributed by atoms with Crippen molar-refractivity contribution in [1.29, 1.82) is 0 Å². The van der Waals surface area contributed by atoms with Crippen molar-refractivity contribution >= 4 is 0 Å². The van der Waals surface area contributed by atoms with Crippen LogP contribution in [0.15, 0.2) is 48.5 Å². The lowest BCUT2D eigenvalue weighted by atomic mass is 10.1. The summed E-state index contributed by atoms with van der Waals surface area (Å²) in [4.78, 5) is 2.29. The van der Waals surface area contributed by atoms with E-state index in [9.17, 15) is 5.11 Å². The fourth-order valence-corrected chi connectivity index (χ4v) is 2.89. The Balaban J connectivity index is 1.87. The Kier molecular flexibility index (Phi) is 7.95. The number of aliphatic hydroxyl groups excluding tert-OH is 1. The monoisotopic (exact) mass is 357 g/mol. The maximum Gasteiger partial charge on any atom is 0.119 e. The second-order valence-corrected chi connectivity index (χ2v) is 7.21. The van der Waals surface area contributed by atoms with Crippen LogP contribution in [0.25, 0.3) is 0 Å². The molecule has 0 heterocycles. The summed E-state index contributed by atoms with van der Waals surface area (Å²) in [5.41, 5.74) is 2.52. The van der Waals surface area contributed by atoms with Crippen LogP contribution in [0.3, 0.4) is 0 Å². The van der Waals surface area contributed by atoms with Gasteiger partial charge in [-0.15, -0.1) is 0 Å². The number of benzene rings is 2. The first-order valence-corrected chi connectivity index (χ1v) is 9.19. The van der Waals surface area contributed by atoms with Crippen LogP contribution in [0.2, 0.25) is 0 Å². The van der Waals surface area contributed by atoms with Gasteiger partial charge in [0, 0.05) is 19.6 Å². The van der Waals surface area contributed by atoms with Crippen LogP contribution in [-0.2, 0) is 6.54 Å². The number of hydrogen-bond acceptors (Lipinski definition) is 4. The number of aryl methyl sites for hydroxylation is 1. The Morgan fingerprint density at radius 1 is 0.923 bits per heavy atom. The van der Waals surface area contributed by atoms with E-state index in [0.29, 0.717) is 12.5 Å². The molecule has 1 unspecified atom stereocenters. The van der Waals surface area contributed by atoms with Gasteiger partial charge in [0.25, 0.3) is 0 Å². The summed E-state index contributed by atoms with van der Waals surface area (Å²) in [7, 11) is 1.64. The summed E-state index contributed by atoms with van der Waals surface area (Å²) in [5.74, 6) is 2.06. The van der Waals surface area contributed by atoms with Gasteiger partial charge in [-0.2, -0.15) is 0 Å². The van der Waals surface area contributed by atoms with Crippen molar-refractivity contribution in [2.45, 2.75) is 33.4 Å². The van der Waals surface area contributed by atoms with Crippen molar-refractivity contribution in [2.75, 3.05) is 26.8 Å². The fraction of sp³-hybridized carbons (Fsp3) is 0.455. The molecule has 1 N–H and O–H groups in total. The van der Waals surface area contributed by atoms with Crippen molar-refractivity contribution in [3.05, 3.63) is 59.7 Å². The van der Waals surface area contributed by atoms with Gasteiger partial charge in [-0.3, -0.25) is 4.90 Å². The molecule has 4 heteroatoms. The summed E-state index contributed by atoms with van der Waals surface area (Å²) in [6.45, 7) is 9.11. The van der Waals surface area contributed by atoms with E-state index >= 15 is 0 Å². The highest BCUT2D eigenvalue weighted by atomic mass is 16.5. The zero-order valence-electron chi connectivity index (χ0n) is 16.3. The van der Waals surface area contributed by atoms with Crippen LogP contribution < -0.4 is 9.47 Å². The van der Waals surface area contributed by atoms with Gasteiger partial charge in [-0.05, 0) is 42.7 Å². The quantitative estimate of drug-likeness (QED) is 0.700. The Hall–Kier alpha value is -2.04. The standard InChI is InChI=1S/C22H31NO3/c1-17(2)13-23(14-19-7-5-18(3)6-8-19)15-20(24)16-26-22-11-9-21(25-4)10-12-22/h5-12,17,20,24H,13-16H2,1-4H3. The topological polar surface area (TPSA) is 41.9 Å². The fourth-order valence-electron chi connectivity index (χ4n) is 2.89. The molecule has 0 aliphatic heterocycles. The van der Waals surface area contributed by atoms with Crippen molar-refractivity contribution in [2.24, 2.45) is 5.92 Å². The molecule has 0 aliphatic carbocycles. The lowest BCUT2D eigenvalue weighted by molar-refractivity contribution is 0.0615. The molecule has 1 atom stereocenters. The van der Waals surface area contributed by atoms with E-state index in [0.717, 1.165) is 24.6 Å². The molecule has 0 fully saturated rings. The van der Waals surface area contributed by atoms with Crippen LogP contribution in [0.4, 0.5) is 0 Å². The van der Waals surface area contributed by atoms with Crippen LogP contribution in [0, 0.1) is 12.8 Å². The van der Waals surface area contributed by atoms with Crippen LogP contribution in [0.5, 0.6) is 11.5 Å². The zero-order valence-corrected chi connectivity index (χ0v) is 16.3. The highest BCUT2D eigenvalue weighted by molar-refractivity contribution is 5.31. The molecule has 0 aromatic heterocycles. The predicted molar refractivity (Wildman–Crippen MR) is 106 cm³/mol. The smallest absolute Gasteiger partial charge is 0.119 e. The summed E-state index contributed by atoms with van der Waals surface area (Å²) >= 11 is 0. The molecule has 0 saturated carbocycles. The second-order valence-electron chi connectivity index (χ2n) is 7.21. The molecule has 0 amide bonds. The molecular formula is C22H31NO3. The summed E-state index contributed by atoms with van der Waals surface area (Å²) in [6, 6.07) is 16.0. The average Bonchev–Trinajstić information content (AvgIpc) is 2.62. The number of hydrogen-bond donors (Lipinski definition) is 1. The van der Waals surface area contributed by atoms with Crippen molar-refractivity contribution < 1.29 is 14.6 Å². The summed E-state index contributed by atoms with van der Waals surface area (Å²) in [6.07, 6.45) is -0.540. The van der Waals surface area contributed by atoms with Crippen LogP contribution >= 0.6 is 0 Å². The minimum absolute atomic E-state index is 0.273. The highest BCUT2D eigenvalue weighted by Gasteiger charge is 2.14. The van der Waals surface area contributed by atoms with Crippen LogP contribution in [0.1, 0.15) is 25.0 Å². The summed E-state index contributed by atoms with van der Waals surface area (Å²) in [5, 5.41) is 10.4. The predicted octanol–water partition coefficient (Wildman–Crippen LogP) is 3.90. The lowest BCUT2D eigenvalue weighted by Crippen LogP contribution is -2.37. The summed E-state index contributed by atoms with van der Waals surface area (Å²) < 4.78 is 10.8. The number of aliphatic hydroxyl groups is 1. The maximum absolute atomic E-state index is 10.4. The molecule has 0 radical (unpaired) electrons. The van der Waals surface area contributed by atoms with Crippen molar-refractivity contribution in [3.8, 4) is 11.5 Å². The van der Waals surface area contributed by atoms with Gasteiger partial charge in [-0.25, -0.2) is 0 Å². The minimum Gasteiger partial charge on any atom is -0.497 e. The van der Waals surface area contributed by atoms with Gasteiger partial charge in [0.15, 0.2) is 0 Å². The third kappa shape index (κ3) is 7.06. The molecule has 2 aromatic carbocycles. The van der Waals surface area contributed by atoms with Crippen molar-refractivity contribution in [1.82, 2.24) is 4.90 Å². The largest absolute Gasteiger partial charge is 0.497 e. The zero-order chi connectivity index (χ0) is 18.9. The molecule has 4 nitrogen and oxygen atoms in total. The van der Waals surface area contributed by atoms with Gasteiger partial charge >= 0.3 is 0 Å². The van der Waals surface area contributed by atoms with E-state index in [-0.39, 0.29) is 6.61 Å². The Labute approximate surface area is 157 Å². The number of methoxy groups -OCH3 is 1. The van der Waals surface area contributed by atoms with Gasteiger partial charge in [0.1, 0.15) is 24.2 Å². The first-order chi connectivity index (χ1) is 12.5. The molecule has 0 spiro atoms. The molecule has 0 saturated heterocycles. The Bertz CT molecular complexity index is 637. The average molecular weight is 357 g/mol. The van der Waals surface area contributed by atoms with E-state index in [4.69, 9.17) is 9.47 Å². The molecule has 2 aromatic rings. The normalized spacial score (nSPS) is 12.4. The molecule has 2 rings (SSSR count). The number of nitrogens with zero attached hydrogens (tertiary/aromatic N) is 1. The number of rotatable bonds is 10. The van der Waals surface area contributed by atoms with Crippen LogP contribution in [-0.4, -0.2) is 42.9 Å². The third-order valence-electron chi connectivity index (χ3n) is 4.12. The SMILES string of the molecule is COc1ccc(OCC(O)CN(Cc2ccc(C)cc2)CC(C)C)cc1. The van der Waals surface area contributed by atoms with E-state index in [1.54, 1.807) is 7.11 Å². The molecular weight excluding hydrogens is 326 g/mol. The van der Waals surface area contributed by atoms with E-state index < -0.39 is 6.10 Å². The van der Waals surface area contributed by atoms with Crippen molar-refractivity contribution in [3.63, 3.8) is 0 Å². The van der Waals surface area contributed by atoms with E-state index in [2.05, 4.69) is 49.9 Å². The van der Waals surface area contributed by atoms with E-state index in [1.165, 1.54) is 11.1 Å². The second kappa shape index (κ2) is 10.2. The third-order valence-corrected chi connectivity index (χ3v) is 4.12. The Morgan fingerprint density at radius 2 is 1.54 bits per heavy atom. The molecule has 142 valence electrons. The van der Waals surface area contributed by atoms with Gasteiger partial charge in [-0.1, -0.05) is 43.7 Å².